The van der Waals surface area contributed by atoms with Crippen LogP contribution in [-0.2, 0) is 0 Å². The second-order valence-electron chi connectivity index (χ2n) is 4.58. The van der Waals surface area contributed by atoms with Crippen LogP contribution in [-0.4, -0.2) is 25.8 Å². The van der Waals surface area contributed by atoms with Crippen molar-refractivity contribution < 1.29 is 4.79 Å². The van der Waals surface area contributed by atoms with Crippen LogP contribution in [0.15, 0.2) is 39.3 Å². The SMILES string of the molecule is Cc1ccc(C(=O)N=Nc2nc3nc(N)[nH]c(=O)c3[nH]2)cc1. The van der Waals surface area contributed by atoms with E-state index in [1.807, 2.05) is 6.92 Å². The number of nitrogens with zero attached hydrogens (tertiary/aromatic N) is 4. The van der Waals surface area contributed by atoms with Crippen LogP contribution in [0.25, 0.3) is 11.2 Å². The fourth-order valence-electron chi connectivity index (χ4n) is 1.81. The fourth-order valence-corrected chi connectivity index (χ4v) is 1.81. The third kappa shape index (κ3) is 2.59. The number of nitrogen functional groups attached to an aromatic ring is 1. The zero-order valence-corrected chi connectivity index (χ0v) is 11.5. The van der Waals surface area contributed by atoms with Crippen LogP contribution in [0.4, 0.5) is 11.9 Å². The summed E-state index contributed by atoms with van der Waals surface area (Å²) in [5, 5.41) is 7.25. The highest BCUT2D eigenvalue weighted by molar-refractivity contribution is 5.94. The van der Waals surface area contributed by atoms with Gasteiger partial charge in [-0.15, -0.1) is 10.2 Å². The van der Waals surface area contributed by atoms with E-state index in [0.717, 1.165) is 5.56 Å². The first-order chi connectivity index (χ1) is 10.5. The highest BCUT2D eigenvalue weighted by Gasteiger charge is 2.09. The van der Waals surface area contributed by atoms with Gasteiger partial charge in [0.25, 0.3) is 11.5 Å². The number of anilines is 1. The number of azo groups is 1. The van der Waals surface area contributed by atoms with Crippen LogP contribution in [0.2, 0.25) is 0 Å². The van der Waals surface area contributed by atoms with Gasteiger partial charge in [0.1, 0.15) is 0 Å². The summed E-state index contributed by atoms with van der Waals surface area (Å²) < 4.78 is 0. The van der Waals surface area contributed by atoms with E-state index in [9.17, 15) is 9.59 Å². The summed E-state index contributed by atoms with van der Waals surface area (Å²) in [4.78, 5) is 36.2. The molecule has 2 aromatic heterocycles. The Balaban J connectivity index is 1.89. The molecule has 0 radical (unpaired) electrons. The Morgan fingerprint density at radius 2 is 1.91 bits per heavy atom. The number of rotatable bonds is 2. The molecule has 9 heteroatoms. The summed E-state index contributed by atoms with van der Waals surface area (Å²) in [6.07, 6.45) is 0. The number of hydrogen-bond donors (Lipinski definition) is 3. The molecular formula is C13H11N7O2. The molecule has 110 valence electrons. The van der Waals surface area contributed by atoms with Crippen molar-refractivity contribution in [1.82, 2.24) is 19.9 Å². The van der Waals surface area contributed by atoms with E-state index in [1.54, 1.807) is 24.3 Å². The predicted molar refractivity (Wildman–Crippen MR) is 78.9 cm³/mol. The molecular weight excluding hydrogens is 286 g/mol. The fraction of sp³-hybridized carbons (Fsp3) is 0.0769. The molecule has 0 atom stereocenters. The molecule has 3 aromatic rings. The number of aromatic nitrogens is 4. The van der Waals surface area contributed by atoms with Gasteiger partial charge in [0, 0.05) is 5.56 Å². The summed E-state index contributed by atoms with van der Waals surface area (Å²) in [5.74, 6) is -0.566. The van der Waals surface area contributed by atoms with Crippen molar-refractivity contribution in [1.29, 1.82) is 0 Å². The van der Waals surface area contributed by atoms with Crippen molar-refractivity contribution in [2.24, 2.45) is 10.2 Å². The highest BCUT2D eigenvalue weighted by Crippen LogP contribution is 2.13. The molecule has 3 rings (SSSR count). The molecule has 1 amide bonds. The van der Waals surface area contributed by atoms with E-state index in [0.29, 0.717) is 5.56 Å². The zero-order chi connectivity index (χ0) is 15.7. The summed E-state index contributed by atoms with van der Waals surface area (Å²) in [7, 11) is 0. The van der Waals surface area contributed by atoms with Gasteiger partial charge < -0.3 is 10.7 Å². The lowest BCUT2D eigenvalue weighted by atomic mass is 10.1. The maximum atomic E-state index is 11.9. The monoisotopic (exact) mass is 297 g/mol. The summed E-state index contributed by atoms with van der Waals surface area (Å²) in [6.45, 7) is 1.92. The molecule has 22 heavy (non-hydrogen) atoms. The Bertz CT molecular complexity index is 937. The third-order valence-corrected chi connectivity index (χ3v) is 2.90. The molecule has 0 spiro atoms. The molecule has 0 saturated carbocycles. The number of aromatic amines is 2. The van der Waals surface area contributed by atoms with Crippen molar-refractivity contribution in [3.05, 3.63) is 45.7 Å². The summed E-state index contributed by atoms with van der Waals surface area (Å²) in [6, 6.07) is 6.91. The number of carbonyl (C=O) groups excluding carboxylic acids is 1. The highest BCUT2D eigenvalue weighted by atomic mass is 16.1. The second-order valence-corrected chi connectivity index (χ2v) is 4.58. The van der Waals surface area contributed by atoms with Crippen molar-refractivity contribution >= 4 is 29.0 Å². The number of H-pyrrole nitrogens is 2. The molecule has 2 heterocycles. The maximum absolute atomic E-state index is 11.9. The number of carbonyl (C=O) groups is 1. The quantitative estimate of drug-likeness (QED) is 0.614. The van der Waals surface area contributed by atoms with Gasteiger partial charge in [-0.3, -0.25) is 14.6 Å². The zero-order valence-electron chi connectivity index (χ0n) is 11.5. The average molecular weight is 297 g/mol. The number of imidazole rings is 1. The molecule has 0 bridgehead atoms. The maximum Gasteiger partial charge on any atom is 0.295 e. The molecule has 9 nitrogen and oxygen atoms in total. The van der Waals surface area contributed by atoms with E-state index in [2.05, 4.69) is 30.2 Å². The van der Waals surface area contributed by atoms with E-state index >= 15 is 0 Å². The van der Waals surface area contributed by atoms with Crippen LogP contribution >= 0.6 is 0 Å². The Labute approximate surface area is 123 Å². The van der Waals surface area contributed by atoms with Gasteiger partial charge in [-0.1, -0.05) is 17.7 Å². The molecule has 0 aliphatic rings. The molecule has 0 unspecified atom stereocenters. The van der Waals surface area contributed by atoms with Gasteiger partial charge in [0.2, 0.25) is 11.9 Å². The van der Waals surface area contributed by atoms with Crippen LogP contribution in [0, 0.1) is 6.92 Å². The van der Waals surface area contributed by atoms with Gasteiger partial charge in [0.15, 0.2) is 11.2 Å². The Morgan fingerprint density at radius 3 is 2.64 bits per heavy atom. The summed E-state index contributed by atoms with van der Waals surface area (Å²) >= 11 is 0. The minimum Gasteiger partial charge on any atom is -0.369 e. The van der Waals surface area contributed by atoms with Gasteiger partial charge >= 0.3 is 0 Å². The molecule has 0 saturated heterocycles. The number of nitrogens with one attached hydrogen (secondary N) is 2. The number of amides is 1. The lowest BCUT2D eigenvalue weighted by Crippen LogP contribution is -2.10. The minimum atomic E-state index is -0.512. The lowest BCUT2D eigenvalue weighted by molar-refractivity contribution is 0.0995. The van der Waals surface area contributed by atoms with E-state index in [-0.39, 0.29) is 23.1 Å². The van der Waals surface area contributed by atoms with Crippen LogP contribution in [0.5, 0.6) is 0 Å². The number of nitrogens with two attached hydrogens (primary N) is 1. The van der Waals surface area contributed by atoms with Gasteiger partial charge in [-0.2, -0.15) is 9.97 Å². The van der Waals surface area contributed by atoms with Gasteiger partial charge in [-0.05, 0) is 19.1 Å². The Morgan fingerprint density at radius 1 is 1.18 bits per heavy atom. The number of fused-ring (bicyclic) bond motifs is 1. The summed E-state index contributed by atoms with van der Waals surface area (Å²) in [5.41, 5.74) is 6.61. The normalized spacial score (nSPS) is 11.3. The lowest BCUT2D eigenvalue weighted by Gasteiger charge is -1.94. The van der Waals surface area contributed by atoms with E-state index < -0.39 is 11.5 Å². The van der Waals surface area contributed by atoms with Gasteiger partial charge in [-0.25, -0.2) is 0 Å². The second kappa shape index (κ2) is 5.20. The van der Waals surface area contributed by atoms with Gasteiger partial charge in [0.05, 0.1) is 0 Å². The molecule has 0 aliphatic heterocycles. The number of benzene rings is 1. The molecule has 1 aromatic carbocycles. The van der Waals surface area contributed by atoms with E-state index in [4.69, 9.17) is 5.73 Å². The number of aryl methyl sites for hydroxylation is 1. The third-order valence-electron chi connectivity index (χ3n) is 2.90. The Hall–Kier alpha value is -3.36. The van der Waals surface area contributed by atoms with Crippen LogP contribution < -0.4 is 11.3 Å². The van der Waals surface area contributed by atoms with Crippen molar-refractivity contribution in [3.8, 4) is 0 Å². The smallest absolute Gasteiger partial charge is 0.295 e. The first kappa shape index (κ1) is 13.6. The minimum absolute atomic E-state index is 0.000869. The molecule has 0 aliphatic carbocycles. The first-order valence-electron chi connectivity index (χ1n) is 6.31. The largest absolute Gasteiger partial charge is 0.369 e. The first-order valence-corrected chi connectivity index (χ1v) is 6.31. The topological polar surface area (TPSA) is 142 Å². The van der Waals surface area contributed by atoms with E-state index in [1.165, 1.54) is 0 Å². The molecule has 0 fully saturated rings. The standard InChI is InChI=1S/C13H11N7O2/c1-6-2-4-7(5-3-6)10(21)19-20-13-15-8-9(17-13)16-12(14)18-11(8)22/h2-5H,1H3,(H4,14,15,16,17,18,22). The molecule has 4 N–H and O–H groups in total. The predicted octanol–water partition coefficient (Wildman–Crippen LogP) is 1.46. The van der Waals surface area contributed by atoms with Crippen molar-refractivity contribution in [3.63, 3.8) is 0 Å². The van der Waals surface area contributed by atoms with Crippen LogP contribution in [0.1, 0.15) is 15.9 Å². The number of hydrogen-bond acceptors (Lipinski definition) is 6. The average Bonchev–Trinajstić information content (AvgIpc) is 2.89. The van der Waals surface area contributed by atoms with Crippen LogP contribution in [0.3, 0.4) is 0 Å². The Kier molecular flexibility index (Phi) is 3.22. The van der Waals surface area contributed by atoms with Crippen molar-refractivity contribution in [2.45, 2.75) is 6.92 Å². The van der Waals surface area contributed by atoms with Crippen molar-refractivity contribution in [2.75, 3.05) is 5.73 Å².